The van der Waals surface area contributed by atoms with Gasteiger partial charge in [0, 0.05) is 19.0 Å². The Morgan fingerprint density at radius 2 is 2.17 bits per heavy atom. The third kappa shape index (κ3) is 3.59. The molecular weight excluding hydrogens is 321 g/mol. The van der Waals surface area contributed by atoms with Crippen LogP contribution in [0, 0.1) is 0 Å². The van der Waals surface area contributed by atoms with E-state index in [2.05, 4.69) is 15.2 Å². The van der Waals surface area contributed by atoms with Crippen LogP contribution in [0.25, 0.3) is 0 Å². The van der Waals surface area contributed by atoms with Crippen molar-refractivity contribution >= 4 is 0 Å². The van der Waals surface area contributed by atoms with Crippen LogP contribution in [-0.4, -0.2) is 37.8 Å². The summed E-state index contributed by atoms with van der Waals surface area (Å²) in [7, 11) is 0. The minimum Gasteiger partial charge on any atom is -0.392 e. The largest absolute Gasteiger partial charge is 0.416 e. The molecule has 2 aromatic rings. The van der Waals surface area contributed by atoms with Crippen molar-refractivity contribution < 1.29 is 18.3 Å². The van der Waals surface area contributed by atoms with Gasteiger partial charge in [-0.2, -0.15) is 18.3 Å². The number of hydrogen-bond donors (Lipinski definition) is 2. The molecule has 0 spiro atoms. The molecule has 1 saturated heterocycles. The van der Waals surface area contributed by atoms with Crippen molar-refractivity contribution in [1.82, 2.24) is 20.1 Å². The fourth-order valence-corrected chi connectivity index (χ4v) is 3.08. The summed E-state index contributed by atoms with van der Waals surface area (Å²) in [4.78, 5) is 6.26. The highest BCUT2D eigenvalue weighted by atomic mass is 19.4. The Balaban J connectivity index is 1.82. The number of aromatic amines is 1. The number of likely N-dealkylation sites (tertiary alicyclic amines) is 1. The minimum atomic E-state index is -4.38. The zero-order chi connectivity index (χ0) is 17.3. The van der Waals surface area contributed by atoms with E-state index in [0.717, 1.165) is 12.1 Å². The first-order valence-electron chi connectivity index (χ1n) is 7.86. The average molecular weight is 340 g/mol. The Hall–Kier alpha value is -1.93. The number of nitrogens with one attached hydrogen (secondary N) is 1. The summed E-state index contributed by atoms with van der Waals surface area (Å²) in [5.41, 5.74) is -0.120. The van der Waals surface area contributed by atoms with E-state index in [0.29, 0.717) is 43.1 Å². The number of halogens is 3. The van der Waals surface area contributed by atoms with Crippen molar-refractivity contribution in [3.8, 4) is 0 Å². The smallest absolute Gasteiger partial charge is 0.392 e. The third-order valence-electron chi connectivity index (χ3n) is 4.23. The first-order valence-corrected chi connectivity index (χ1v) is 7.86. The number of alkyl halides is 3. The summed E-state index contributed by atoms with van der Waals surface area (Å²) in [5.74, 6) is 1.35. The number of β-amino-alcohol motifs (C(OH)–C–C–N with tert-alkyl or cyclic N) is 1. The maximum atomic E-state index is 12.9. The molecule has 2 atom stereocenters. The van der Waals surface area contributed by atoms with Crippen LogP contribution in [0.15, 0.2) is 24.3 Å². The number of rotatable bonds is 4. The van der Waals surface area contributed by atoms with Crippen LogP contribution in [0.3, 0.4) is 0 Å². The Kier molecular flexibility index (Phi) is 4.60. The molecule has 0 unspecified atom stereocenters. The number of hydrogen-bond acceptors (Lipinski definition) is 4. The van der Waals surface area contributed by atoms with Gasteiger partial charge in [0.05, 0.1) is 18.2 Å². The number of aliphatic hydroxyl groups excluding tert-OH is 1. The van der Waals surface area contributed by atoms with Gasteiger partial charge in [-0.25, -0.2) is 4.98 Å². The molecule has 2 heterocycles. The maximum absolute atomic E-state index is 12.9. The van der Waals surface area contributed by atoms with Gasteiger partial charge in [0.25, 0.3) is 0 Å². The van der Waals surface area contributed by atoms with Crippen molar-refractivity contribution in [3.05, 3.63) is 47.0 Å². The van der Waals surface area contributed by atoms with Gasteiger partial charge in [0.2, 0.25) is 0 Å². The van der Waals surface area contributed by atoms with Gasteiger partial charge >= 0.3 is 6.18 Å². The molecule has 24 heavy (non-hydrogen) atoms. The number of aliphatic hydroxyl groups is 1. The van der Waals surface area contributed by atoms with Crippen LogP contribution in [0.2, 0.25) is 0 Å². The normalized spacial score (nSPS) is 22.2. The van der Waals surface area contributed by atoms with Gasteiger partial charge in [-0.15, -0.1) is 0 Å². The van der Waals surface area contributed by atoms with E-state index in [4.69, 9.17) is 0 Å². The molecule has 8 heteroatoms. The topological polar surface area (TPSA) is 65.0 Å². The second-order valence-corrected chi connectivity index (χ2v) is 6.01. The molecule has 0 aliphatic carbocycles. The molecule has 2 N–H and O–H groups in total. The van der Waals surface area contributed by atoms with E-state index in [1.54, 1.807) is 6.07 Å². The molecule has 1 aromatic heterocycles. The molecule has 3 rings (SSSR count). The SMILES string of the molecule is CCc1n[nH]c(CN2C[C@H](O)C[C@@H]2c2cccc(C(F)(F)F)c2)n1. The maximum Gasteiger partial charge on any atom is 0.416 e. The number of nitrogens with zero attached hydrogens (tertiary/aromatic N) is 3. The lowest BCUT2D eigenvalue weighted by atomic mass is 10.0. The van der Waals surface area contributed by atoms with Gasteiger partial charge in [0.1, 0.15) is 11.6 Å². The van der Waals surface area contributed by atoms with Crippen LogP contribution in [0.4, 0.5) is 13.2 Å². The van der Waals surface area contributed by atoms with Crippen molar-refractivity contribution in [2.24, 2.45) is 0 Å². The summed E-state index contributed by atoms with van der Waals surface area (Å²) in [6.45, 7) is 2.74. The highest BCUT2D eigenvalue weighted by molar-refractivity contribution is 5.29. The lowest BCUT2D eigenvalue weighted by Crippen LogP contribution is -2.25. The molecule has 1 fully saturated rings. The average Bonchev–Trinajstić information content (AvgIpc) is 3.13. The molecule has 0 amide bonds. The molecule has 1 aromatic carbocycles. The summed E-state index contributed by atoms with van der Waals surface area (Å²) in [6, 6.07) is 5.02. The first kappa shape index (κ1) is 16.9. The zero-order valence-electron chi connectivity index (χ0n) is 13.2. The molecule has 0 bridgehead atoms. The standard InChI is InChI=1S/C16H19F3N4O/c1-2-14-20-15(22-21-14)9-23-8-12(24)7-13(23)10-4-3-5-11(6-10)16(17,18)19/h3-6,12-13,24H,2,7-9H2,1H3,(H,20,21,22)/t12-,13-/m1/s1. The van der Waals surface area contributed by atoms with Gasteiger partial charge < -0.3 is 5.11 Å². The first-order chi connectivity index (χ1) is 11.4. The van der Waals surface area contributed by atoms with Crippen molar-refractivity contribution in [3.63, 3.8) is 0 Å². The summed E-state index contributed by atoms with van der Waals surface area (Å²) < 4.78 is 38.8. The number of H-pyrrole nitrogens is 1. The van der Waals surface area contributed by atoms with Crippen molar-refractivity contribution in [2.75, 3.05) is 6.54 Å². The predicted octanol–water partition coefficient (Wildman–Crippen LogP) is 2.69. The van der Waals surface area contributed by atoms with Crippen molar-refractivity contribution in [1.29, 1.82) is 0 Å². The Morgan fingerprint density at radius 3 is 2.83 bits per heavy atom. The predicted molar refractivity (Wildman–Crippen MR) is 81.0 cm³/mol. The van der Waals surface area contributed by atoms with E-state index in [-0.39, 0.29) is 6.04 Å². The van der Waals surface area contributed by atoms with Gasteiger partial charge in [-0.1, -0.05) is 19.1 Å². The molecule has 0 radical (unpaired) electrons. The van der Waals surface area contributed by atoms with E-state index < -0.39 is 17.8 Å². The van der Waals surface area contributed by atoms with Crippen LogP contribution >= 0.6 is 0 Å². The molecular formula is C16H19F3N4O. The fraction of sp³-hybridized carbons (Fsp3) is 0.500. The van der Waals surface area contributed by atoms with Crippen molar-refractivity contribution in [2.45, 2.75) is 44.6 Å². The van der Waals surface area contributed by atoms with E-state index >= 15 is 0 Å². The van der Waals surface area contributed by atoms with Crippen LogP contribution in [0.5, 0.6) is 0 Å². The lowest BCUT2D eigenvalue weighted by molar-refractivity contribution is -0.137. The monoisotopic (exact) mass is 340 g/mol. The highest BCUT2D eigenvalue weighted by Gasteiger charge is 2.35. The van der Waals surface area contributed by atoms with Gasteiger partial charge in [-0.05, 0) is 24.1 Å². The van der Waals surface area contributed by atoms with Gasteiger partial charge in [-0.3, -0.25) is 10.00 Å². The third-order valence-corrected chi connectivity index (χ3v) is 4.23. The second kappa shape index (κ2) is 6.52. The van der Waals surface area contributed by atoms with E-state index in [1.807, 2.05) is 11.8 Å². The Morgan fingerprint density at radius 1 is 1.38 bits per heavy atom. The van der Waals surface area contributed by atoms with E-state index in [9.17, 15) is 18.3 Å². The second-order valence-electron chi connectivity index (χ2n) is 6.01. The molecule has 1 aliphatic heterocycles. The van der Waals surface area contributed by atoms with Crippen LogP contribution in [0.1, 0.15) is 42.2 Å². The minimum absolute atomic E-state index is 0.280. The summed E-state index contributed by atoms with van der Waals surface area (Å²) in [6.07, 6.45) is -3.84. The van der Waals surface area contributed by atoms with Crippen LogP contribution in [-0.2, 0) is 19.1 Å². The quantitative estimate of drug-likeness (QED) is 0.898. The van der Waals surface area contributed by atoms with Crippen LogP contribution < -0.4 is 0 Å². The van der Waals surface area contributed by atoms with Gasteiger partial charge in [0.15, 0.2) is 0 Å². The lowest BCUT2D eigenvalue weighted by Gasteiger charge is -2.24. The molecule has 0 saturated carbocycles. The zero-order valence-corrected chi connectivity index (χ0v) is 13.2. The number of aromatic nitrogens is 3. The summed E-state index contributed by atoms with van der Waals surface area (Å²) in [5, 5.41) is 16.9. The highest BCUT2D eigenvalue weighted by Crippen LogP contribution is 2.36. The van der Waals surface area contributed by atoms with E-state index in [1.165, 1.54) is 6.07 Å². The summed E-state index contributed by atoms with van der Waals surface area (Å²) >= 11 is 0. The Labute approximate surface area is 137 Å². The number of aryl methyl sites for hydroxylation is 1. The molecule has 130 valence electrons. The number of benzene rings is 1. The molecule has 5 nitrogen and oxygen atoms in total. The molecule has 1 aliphatic rings. The Bertz CT molecular complexity index is 701. The fourth-order valence-electron chi connectivity index (χ4n) is 3.08.